The molecule has 0 aliphatic carbocycles. The molecule has 0 fully saturated rings. The third kappa shape index (κ3) is 8.33. The minimum absolute atomic E-state index is 0. The van der Waals surface area contributed by atoms with E-state index < -0.39 is 14.0 Å². The molecule has 4 aromatic carbocycles. The largest absolute Gasteiger partial charge is 0.305 e. The maximum atomic E-state index is 9.00. The van der Waals surface area contributed by atoms with Crippen LogP contribution in [-0.4, -0.2) is 18.0 Å². The second-order valence-corrected chi connectivity index (χ2v) is 16.3. The first-order valence-electron chi connectivity index (χ1n) is 14.8. The van der Waals surface area contributed by atoms with E-state index in [0.717, 1.165) is 33.6 Å². The van der Waals surface area contributed by atoms with E-state index >= 15 is 0 Å². The van der Waals surface area contributed by atoms with Gasteiger partial charge in [0.2, 0.25) is 0 Å². The average Bonchev–Trinajstić information content (AvgIpc) is 3.06. The summed E-state index contributed by atoms with van der Waals surface area (Å²) in [5, 5.41) is 1.34. The fourth-order valence-electron chi connectivity index (χ4n) is 4.73. The SMILES string of the molecule is [2H]C(C)(c1ccccc1)c1ccc[c-]c1-c1ccc([Si](C)(C)C)cn1.[Ir].[c-]1ccccc1-c1cc(-c2ccccc2)ccn1. The van der Waals surface area contributed by atoms with Gasteiger partial charge in [0.1, 0.15) is 0 Å². The molecule has 0 N–H and O–H groups in total. The topological polar surface area (TPSA) is 25.8 Å². The van der Waals surface area contributed by atoms with Crippen molar-refractivity contribution in [2.75, 3.05) is 0 Å². The number of pyridine rings is 2. The Morgan fingerprint density at radius 3 is 2.02 bits per heavy atom. The van der Waals surface area contributed by atoms with Crippen LogP contribution in [0.25, 0.3) is 33.6 Å². The molecular weight excluding hydrogens is 717 g/mol. The molecule has 0 saturated heterocycles. The molecule has 6 rings (SSSR count). The summed E-state index contributed by atoms with van der Waals surface area (Å²) >= 11 is 0. The van der Waals surface area contributed by atoms with Crippen LogP contribution in [0.15, 0.2) is 140 Å². The van der Waals surface area contributed by atoms with E-state index in [9.17, 15) is 0 Å². The molecule has 4 heteroatoms. The Morgan fingerprint density at radius 2 is 1.37 bits per heavy atom. The van der Waals surface area contributed by atoms with Gasteiger partial charge < -0.3 is 9.97 Å². The summed E-state index contributed by atoms with van der Waals surface area (Å²) < 4.78 is 9.00. The number of hydrogen-bond acceptors (Lipinski definition) is 2. The van der Waals surface area contributed by atoms with Crippen molar-refractivity contribution in [1.29, 1.82) is 0 Å². The van der Waals surface area contributed by atoms with Crippen molar-refractivity contribution < 1.29 is 21.5 Å². The van der Waals surface area contributed by atoms with E-state index in [1.54, 1.807) is 0 Å². The molecule has 2 aromatic heterocycles. The van der Waals surface area contributed by atoms with Gasteiger partial charge in [0.05, 0.1) is 8.07 Å². The molecule has 0 amide bonds. The molecule has 1 atom stereocenters. The Bertz CT molecular complexity index is 1700. The fourth-order valence-corrected chi connectivity index (χ4v) is 5.77. The second kappa shape index (κ2) is 15.0. The predicted molar refractivity (Wildman–Crippen MR) is 179 cm³/mol. The molecule has 0 aliphatic heterocycles. The Labute approximate surface area is 272 Å². The first-order valence-corrected chi connectivity index (χ1v) is 17.8. The Balaban J connectivity index is 0.000000206. The molecular formula is C39H36IrN2Si-2. The molecule has 1 radical (unpaired) electrons. The molecule has 0 aliphatic rings. The average molecular weight is 754 g/mol. The number of hydrogen-bond donors (Lipinski definition) is 0. The minimum Gasteiger partial charge on any atom is -0.305 e. The van der Waals surface area contributed by atoms with Crippen molar-refractivity contribution in [2.45, 2.75) is 32.5 Å². The summed E-state index contributed by atoms with van der Waals surface area (Å²) in [5.74, 6) is -0.854. The second-order valence-electron chi connectivity index (χ2n) is 11.2. The van der Waals surface area contributed by atoms with E-state index in [1.807, 2.05) is 116 Å². The van der Waals surface area contributed by atoms with E-state index in [1.165, 1.54) is 16.3 Å². The minimum atomic E-state index is -1.37. The Morgan fingerprint density at radius 1 is 0.674 bits per heavy atom. The van der Waals surface area contributed by atoms with E-state index in [-0.39, 0.29) is 20.1 Å². The van der Waals surface area contributed by atoms with Crippen molar-refractivity contribution in [3.8, 4) is 33.6 Å². The fraction of sp³-hybridized carbons (Fsp3) is 0.128. The molecule has 0 bridgehead atoms. The summed E-state index contributed by atoms with van der Waals surface area (Å²) in [4.78, 5) is 9.11. The molecule has 6 aromatic rings. The van der Waals surface area contributed by atoms with Gasteiger partial charge >= 0.3 is 0 Å². The van der Waals surface area contributed by atoms with Crippen LogP contribution in [0.1, 0.15) is 25.3 Å². The van der Waals surface area contributed by atoms with Gasteiger partial charge in [0.15, 0.2) is 0 Å². The monoisotopic (exact) mass is 754 g/mol. The van der Waals surface area contributed by atoms with Crippen molar-refractivity contribution in [1.82, 2.24) is 9.97 Å². The van der Waals surface area contributed by atoms with E-state index in [0.29, 0.717) is 0 Å². The van der Waals surface area contributed by atoms with Crippen molar-refractivity contribution in [2.24, 2.45) is 0 Å². The van der Waals surface area contributed by atoms with Gasteiger partial charge in [-0.15, -0.1) is 71.3 Å². The van der Waals surface area contributed by atoms with Crippen molar-refractivity contribution in [3.63, 3.8) is 0 Å². The zero-order valence-corrected chi connectivity index (χ0v) is 28.4. The van der Waals surface area contributed by atoms with Crippen molar-refractivity contribution in [3.05, 3.63) is 163 Å². The Hall–Kier alpha value is -3.95. The third-order valence-electron chi connectivity index (χ3n) is 7.20. The molecule has 1 unspecified atom stereocenters. The molecule has 2 nitrogen and oxygen atoms in total. The number of nitrogens with zero attached hydrogens (tertiary/aromatic N) is 2. The zero-order chi connectivity index (χ0) is 30.3. The first-order chi connectivity index (χ1) is 20.7. The van der Waals surface area contributed by atoms with Crippen LogP contribution in [0.2, 0.25) is 19.6 Å². The summed E-state index contributed by atoms with van der Waals surface area (Å²) in [6, 6.07) is 48.9. The summed E-state index contributed by atoms with van der Waals surface area (Å²) in [6.45, 7) is 8.89. The number of rotatable bonds is 6. The quantitative estimate of drug-likeness (QED) is 0.125. The number of aromatic nitrogens is 2. The first kappa shape index (κ1) is 30.5. The maximum absolute atomic E-state index is 9.00. The molecule has 2 heterocycles. The van der Waals surface area contributed by atoms with Gasteiger partial charge in [-0.1, -0.05) is 105 Å². The van der Waals surface area contributed by atoms with Crippen LogP contribution in [0, 0.1) is 12.1 Å². The van der Waals surface area contributed by atoms with Crippen LogP contribution in [-0.2, 0) is 20.1 Å². The third-order valence-corrected chi connectivity index (χ3v) is 9.23. The molecule has 217 valence electrons. The van der Waals surface area contributed by atoms with Crippen molar-refractivity contribution >= 4 is 13.3 Å². The van der Waals surface area contributed by atoms with E-state index in [2.05, 4.69) is 67.1 Å². The van der Waals surface area contributed by atoms with Gasteiger partial charge in [0, 0.05) is 33.9 Å². The normalized spacial score (nSPS) is 12.5. The van der Waals surface area contributed by atoms with Gasteiger partial charge in [0.25, 0.3) is 0 Å². The van der Waals surface area contributed by atoms with Crippen LogP contribution < -0.4 is 5.19 Å². The maximum Gasteiger partial charge on any atom is 0.0795 e. The van der Waals surface area contributed by atoms with Gasteiger partial charge in [-0.25, -0.2) is 0 Å². The van der Waals surface area contributed by atoms with Crippen LogP contribution in [0.5, 0.6) is 0 Å². The Kier molecular flexibility index (Phi) is 10.6. The van der Waals surface area contributed by atoms with E-state index in [4.69, 9.17) is 6.35 Å². The number of benzene rings is 4. The summed E-state index contributed by atoms with van der Waals surface area (Å²) in [7, 11) is -1.37. The summed E-state index contributed by atoms with van der Waals surface area (Å²) in [6.07, 6.45) is 3.84. The van der Waals surface area contributed by atoms with Gasteiger partial charge in [-0.05, 0) is 45.2 Å². The smallest absolute Gasteiger partial charge is 0.0795 e. The van der Waals surface area contributed by atoms with Gasteiger partial charge in [-0.3, -0.25) is 0 Å². The standard InChI is InChI=1S/C22H24NSi.C17H12N.Ir/c1-17(18-10-6-5-7-11-18)20-12-8-9-13-21(20)22-15-14-19(16-23-22)24(2,3)4;1-3-7-14(8-4-1)16-11-12-18-17(13-16)15-9-5-2-6-10-15;/h5-12,14-17H,1-4H3;1-9,11-13H;/q2*-1;/i17D;;. The van der Waals surface area contributed by atoms with Gasteiger partial charge in [-0.2, -0.15) is 0 Å². The predicted octanol–water partition coefficient (Wildman–Crippen LogP) is 9.46. The summed E-state index contributed by atoms with van der Waals surface area (Å²) in [5.41, 5.74) is 8.05. The zero-order valence-electron chi connectivity index (χ0n) is 26.0. The molecule has 0 spiro atoms. The van der Waals surface area contributed by atoms with Crippen LogP contribution in [0.3, 0.4) is 0 Å². The van der Waals surface area contributed by atoms with Crippen LogP contribution in [0.4, 0.5) is 0 Å². The molecule has 43 heavy (non-hydrogen) atoms. The van der Waals surface area contributed by atoms with Crippen LogP contribution >= 0.6 is 0 Å². The molecule has 0 saturated carbocycles.